The van der Waals surface area contributed by atoms with Crippen molar-refractivity contribution in [2.75, 3.05) is 19.6 Å². The average molecular weight is 433 g/mol. The minimum atomic E-state index is -0.0165. The Balaban J connectivity index is 1.60. The molecule has 6 heteroatoms. The molecule has 2 heterocycles. The molecule has 1 fully saturated rings. The van der Waals surface area contributed by atoms with E-state index in [1.807, 2.05) is 69.0 Å². The molecule has 0 spiro atoms. The number of benzene rings is 2. The summed E-state index contributed by atoms with van der Waals surface area (Å²) in [6.45, 7) is 7.22. The number of amides is 2. The van der Waals surface area contributed by atoms with Crippen LogP contribution >= 0.6 is 0 Å². The van der Waals surface area contributed by atoms with Gasteiger partial charge >= 0.3 is 0 Å². The highest BCUT2D eigenvalue weighted by molar-refractivity contribution is 5.83. The molecule has 2 amide bonds. The number of carbonyl (C=O) groups excluding carboxylic acids is 2. The fraction of sp³-hybridized carbons (Fsp3) is 0.423. The van der Waals surface area contributed by atoms with Crippen LogP contribution in [-0.2, 0) is 22.7 Å². The van der Waals surface area contributed by atoms with E-state index in [2.05, 4.69) is 13.8 Å². The Hall–Kier alpha value is -3.15. The Kier molecular flexibility index (Phi) is 6.88. The molecule has 0 bridgehead atoms. The minimum absolute atomic E-state index is 0.0165. The van der Waals surface area contributed by atoms with Crippen LogP contribution in [0.4, 0.5) is 0 Å². The van der Waals surface area contributed by atoms with E-state index in [1.54, 1.807) is 0 Å². The van der Waals surface area contributed by atoms with Gasteiger partial charge in [0.1, 0.15) is 12.4 Å². The van der Waals surface area contributed by atoms with Gasteiger partial charge < -0.3 is 14.4 Å². The van der Waals surface area contributed by atoms with Gasteiger partial charge in [0, 0.05) is 38.5 Å². The van der Waals surface area contributed by atoms with Gasteiger partial charge in [-0.05, 0) is 30.5 Å². The fourth-order valence-electron chi connectivity index (χ4n) is 4.61. The van der Waals surface area contributed by atoms with Crippen LogP contribution in [0.25, 0.3) is 11.0 Å². The van der Waals surface area contributed by atoms with Gasteiger partial charge in [0.2, 0.25) is 11.8 Å². The first-order chi connectivity index (χ1) is 15.6. The maximum Gasteiger partial charge on any atom is 0.242 e. The molecule has 6 nitrogen and oxygen atoms in total. The summed E-state index contributed by atoms with van der Waals surface area (Å²) in [6.07, 6.45) is 2.31. The Labute approximate surface area is 189 Å². The van der Waals surface area contributed by atoms with Gasteiger partial charge in [0.25, 0.3) is 0 Å². The summed E-state index contributed by atoms with van der Waals surface area (Å²) in [7, 11) is 0. The molecule has 1 aliphatic rings. The van der Waals surface area contributed by atoms with Crippen LogP contribution in [0.15, 0.2) is 54.6 Å². The second-order valence-corrected chi connectivity index (χ2v) is 8.59. The minimum Gasteiger partial charge on any atom is -0.341 e. The number of rotatable bonds is 9. The van der Waals surface area contributed by atoms with Crippen molar-refractivity contribution in [3.05, 3.63) is 66.0 Å². The highest BCUT2D eigenvalue weighted by Crippen LogP contribution is 2.31. The van der Waals surface area contributed by atoms with Crippen molar-refractivity contribution in [1.82, 2.24) is 19.4 Å². The Bertz CT molecular complexity index is 1070. The standard InChI is InChI=1S/C26H32N4O2/c1-3-14-28(15-4-2)25(32)19-30-23-13-9-8-12-22(23)27-26(30)21-16-24(31)29(18-21)17-20-10-6-5-7-11-20/h5-13,21H,3-4,14-19H2,1-2H3/t21-/m0/s1. The van der Waals surface area contributed by atoms with Crippen LogP contribution in [0.2, 0.25) is 0 Å². The van der Waals surface area contributed by atoms with Gasteiger partial charge in [-0.3, -0.25) is 9.59 Å². The summed E-state index contributed by atoms with van der Waals surface area (Å²) in [5.74, 6) is 1.08. The lowest BCUT2D eigenvalue weighted by atomic mass is 10.1. The SMILES string of the molecule is CCCN(CCC)C(=O)Cn1c([C@H]2CC(=O)N(Cc3ccccc3)C2)nc2ccccc21. The Morgan fingerprint density at radius 2 is 1.72 bits per heavy atom. The summed E-state index contributed by atoms with van der Waals surface area (Å²) in [6, 6.07) is 18.0. The van der Waals surface area contributed by atoms with Crippen molar-refractivity contribution in [1.29, 1.82) is 0 Å². The molecule has 32 heavy (non-hydrogen) atoms. The third-order valence-electron chi connectivity index (χ3n) is 6.11. The molecule has 2 aromatic carbocycles. The molecule has 168 valence electrons. The number of fused-ring (bicyclic) bond motifs is 1. The fourth-order valence-corrected chi connectivity index (χ4v) is 4.61. The maximum absolute atomic E-state index is 13.2. The molecule has 0 saturated carbocycles. The first kappa shape index (κ1) is 22.1. The smallest absolute Gasteiger partial charge is 0.242 e. The van der Waals surface area contributed by atoms with Gasteiger partial charge in [-0.2, -0.15) is 0 Å². The number of hydrogen-bond donors (Lipinski definition) is 0. The molecule has 4 rings (SSSR count). The molecular formula is C26H32N4O2. The summed E-state index contributed by atoms with van der Waals surface area (Å²) < 4.78 is 2.04. The molecule has 0 radical (unpaired) electrons. The maximum atomic E-state index is 13.2. The molecule has 1 saturated heterocycles. The molecule has 0 aliphatic carbocycles. The predicted molar refractivity (Wildman–Crippen MR) is 126 cm³/mol. The third kappa shape index (κ3) is 4.69. The van der Waals surface area contributed by atoms with Gasteiger partial charge in [0.15, 0.2) is 0 Å². The lowest BCUT2D eigenvalue weighted by Gasteiger charge is -2.23. The number of carbonyl (C=O) groups is 2. The predicted octanol–water partition coefficient (Wildman–Crippen LogP) is 4.20. The average Bonchev–Trinajstić information content (AvgIpc) is 3.34. The van der Waals surface area contributed by atoms with Crippen LogP contribution in [-0.4, -0.2) is 50.8 Å². The van der Waals surface area contributed by atoms with Gasteiger partial charge in [-0.15, -0.1) is 0 Å². The second kappa shape index (κ2) is 9.98. The van der Waals surface area contributed by atoms with E-state index in [-0.39, 0.29) is 24.3 Å². The summed E-state index contributed by atoms with van der Waals surface area (Å²) in [5.41, 5.74) is 2.96. The van der Waals surface area contributed by atoms with Crippen LogP contribution in [0, 0.1) is 0 Å². The molecule has 0 N–H and O–H groups in total. The van der Waals surface area contributed by atoms with E-state index in [0.717, 1.165) is 48.4 Å². The summed E-state index contributed by atoms with van der Waals surface area (Å²) >= 11 is 0. The van der Waals surface area contributed by atoms with Crippen LogP contribution in [0.1, 0.15) is 50.4 Å². The van der Waals surface area contributed by atoms with Crippen LogP contribution in [0.3, 0.4) is 0 Å². The molecular weight excluding hydrogens is 400 g/mol. The highest BCUT2D eigenvalue weighted by Gasteiger charge is 2.34. The monoisotopic (exact) mass is 432 g/mol. The van der Waals surface area contributed by atoms with Crippen molar-refractivity contribution in [3.8, 4) is 0 Å². The first-order valence-corrected chi connectivity index (χ1v) is 11.6. The number of para-hydroxylation sites is 2. The Morgan fingerprint density at radius 3 is 2.44 bits per heavy atom. The number of aromatic nitrogens is 2. The molecule has 1 aliphatic heterocycles. The van der Waals surface area contributed by atoms with E-state index in [1.165, 1.54) is 0 Å². The van der Waals surface area contributed by atoms with E-state index >= 15 is 0 Å². The Morgan fingerprint density at radius 1 is 1.03 bits per heavy atom. The number of imidazole rings is 1. The summed E-state index contributed by atoms with van der Waals surface area (Å²) in [5, 5.41) is 0. The van der Waals surface area contributed by atoms with Gasteiger partial charge in [0.05, 0.1) is 11.0 Å². The van der Waals surface area contributed by atoms with Crippen LogP contribution in [0.5, 0.6) is 0 Å². The van der Waals surface area contributed by atoms with E-state index in [9.17, 15) is 9.59 Å². The van der Waals surface area contributed by atoms with Crippen molar-refractivity contribution >= 4 is 22.8 Å². The zero-order valence-corrected chi connectivity index (χ0v) is 19.0. The van der Waals surface area contributed by atoms with Crippen molar-refractivity contribution < 1.29 is 9.59 Å². The molecule has 1 aromatic heterocycles. The van der Waals surface area contributed by atoms with E-state index < -0.39 is 0 Å². The highest BCUT2D eigenvalue weighted by atomic mass is 16.2. The van der Waals surface area contributed by atoms with Gasteiger partial charge in [-0.1, -0.05) is 56.3 Å². The lowest BCUT2D eigenvalue weighted by Crippen LogP contribution is -2.35. The summed E-state index contributed by atoms with van der Waals surface area (Å²) in [4.78, 5) is 34.7. The zero-order chi connectivity index (χ0) is 22.5. The second-order valence-electron chi connectivity index (χ2n) is 8.59. The van der Waals surface area contributed by atoms with Crippen molar-refractivity contribution in [3.63, 3.8) is 0 Å². The lowest BCUT2D eigenvalue weighted by molar-refractivity contribution is -0.132. The molecule has 1 atom stereocenters. The molecule has 0 unspecified atom stereocenters. The first-order valence-electron chi connectivity index (χ1n) is 11.6. The number of nitrogens with zero attached hydrogens (tertiary/aromatic N) is 4. The largest absolute Gasteiger partial charge is 0.341 e. The van der Waals surface area contributed by atoms with E-state index in [0.29, 0.717) is 19.5 Å². The van der Waals surface area contributed by atoms with Crippen LogP contribution < -0.4 is 0 Å². The third-order valence-corrected chi connectivity index (χ3v) is 6.11. The number of likely N-dealkylation sites (tertiary alicyclic amines) is 1. The zero-order valence-electron chi connectivity index (χ0n) is 19.0. The normalized spacial score (nSPS) is 16.1. The van der Waals surface area contributed by atoms with E-state index in [4.69, 9.17) is 4.98 Å². The number of hydrogen-bond acceptors (Lipinski definition) is 3. The quantitative estimate of drug-likeness (QED) is 0.509. The topological polar surface area (TPSA) is 58.4 Å². The molecule has 3 aromatic rings. The van der Waals surface area contributed by atoms with Gasteiger partial charge in [-0.25, -0.2) is 4.98 Å². The van der Waals surface area contributed by atoms with Crippen molar-refractivity contribution in [2.24, 2.45) is 0 Å². The van der Waals surface area contributed by atoms with Crippen molar-refractivity contribution in [2.45, 2.75) is 52.1 Å².